The third kappa shape index (κ3) is 4.72. The zero-order valence-electron chi connectivity index (χ0n) is 9.57. The monoisotopic (exact) mass is 224 g/mol. The molecular formula is C13H20OS. The van der Waals surface area contributed by atoms with E-state index in [-0.39, 0.29) is 0 Å². The van der Waals surface area contributed by atoms with Crippen LogP contribution in [0, 0.1) is 6.92 Å². The summed E-state index contributed by atoms with van der Waals surface area (Å²) in [5.41, 5.74) is 1.31. The molecule has 1 rings (SSSR count). The molecule has 2 heteroatoms. The Morgan fingerprint density at radius 3 is 2.47 bits per heavy atom. The van der Waals surface area contributed by atoms with Gasteiger partial charge in [-0.05, 0) is 38.3 Å². The summed E-state index contributed by atoms with van der Waals surface area (Å²) in [6, 6.07) is 8.67. The number of aryl methyl sites for hydroxylation is 1. The summed E-state index contributed by atoms with van der Waals surface area (Å²) in [5, 5.41) is 9.44. The maximum absolute atomic E-state index is 8.80. The summed E-state index contributed by atoms with van der Waals surface area (Å²) >= 11 is 1.93. The third-order valence-electron chi connectivity index (χ3n) is 2.46. The fourth-order valence-corrected chi connectivity index (χ4v) is 2.60. The third-order valence-corrected chi connectivity index (χ3v) is 3.91. The van der Waals surface area contributed by atoms with Crippen LogP contribution in [0.15, 0.2) is 29.2 Å². The summed E-state index contributed by atoms with van der Waals surface area (Å²) in [5.74, 6) is 0. The highest BCUT2D eigenvalue weighted by Crippen LogP contribution is 2.28. The van der Waals surface area contributed by atoms with Crippen LogP contribution in [0.4, 0.5) is 0 Å². The van der Waals surface area contributed by atoms with Gasteiger partial charge >= 0.3 is 0 Å². The maximum Gasteiger partial charge on any atom is 0.0431 e. The van der Waals surface area contributed by atoms with Gasteiger partial charge in [-0.3, -0.25) is 0 Å². The highest BCUT2D eigenvalue weighted by atomic mass is 32.2. The van der Waals surface area contributed by atoms with E-state index in [4.69, 9.17) is 5.11 Å². The standard InChI is InChI=1S/C13H20OS/c1-3-12(5-4-10-14)15-13-8-6-11(2)7-9-13/h6-9,12,14H,3-5,10H2,1-2H3. The SMILES string of the molecule is CCC(CCCO)Sc1ccc(C)cc1. The highest BCUT2D eigenvalue weighted by Gasteiger charge is 2.07. The van der Waals surface area contributed by atoms with Gasteiger partial charge in [0.1, 0.15) is 0 Å². The molecule has 0 heterocycles. The van der Waals surface area contributed by atoms with Crippen LogP contribution in [0.3, 0.4) is 0 Å². The number of rotatable bonds is 6. The molecule has 1 nitrogen and oxygen atoms in total. The second kappa shape index (κ2) is 6.91. The second-order valence-corrected chi connectivity index (χ2v) is 5.20. The van der Waals surface area contributed by atoms with Crippen LogP contribution in [0.5, 0.6) is 0 Å². The molecule has 0 bridgehead atoms. The molecule has 0 aliphatic heterocycles. The van der Waals surface area contributed by atoms with Gasteiger partial charge in [-0.15, -0.1) is 11.8 Å². The zero-order valence-corrected chi connectivity index (χ0v) is 10.4. The number of hydrogen-bond acceptors (Lipinski definition) is 2. The van der Waals surface area contributed by atoms with E-state index >= 15 is 0 Å². The van der Waals surface area contributed by atoms with Crippen molar-refractivity contribution in [3.63, 3.8) is 0 Å². The Kier molecular flexibility index (Phi) is 5.81. The van der Waals surface area contributed by atoms with E-state index in [2.05, 4.69) is 38.1 Å². The minimum atomic E-state index is 0.310. The Morgan fingerprint density at radius 1 is 1.27 bits per heavy atom. The molecule has 0 aliphatic carbocycles. The van der Waals surface area contributed by atoms with E-state index in [0.717, 1.165) is 12.8 Å². The van der Waals surface area contributed by atoms with Gasteiger partial charge in [-0.1, -0.05) is 24.6 Å². The van der Waals surface area contributed by atoms with Crippen LogP contribution in [0.2, 0.25) is 0 Å². The van der Waals surface area contributed by atoms with Crippen molar-refractivity contribution in [1.82, 2.24) is 0 Å². The van der Waals surface area contributed by atoms with Gasteiger partial charge in [0.15, 0.2) is 0 Å². The molecule has 0 fully saturated rings. The van der Waals surface area contributed by atoms with E-state index in [1.807, 2.05) is 11.8 Å². The molecule has 84 valence electrons. The van der Waals surface area contributed by atoms with Crippen molar-refractivity contribution < 1.29 is 5.11 Å². The first kappa shape index (κ1) is 12.6. The molecule has 0 saturated heterocycles. The molecule has 0 radical (unpaired) electrons. The Bertz CT molecular complexity index is 268. The molecule has 0 saturated carbocycles. The summed E-state index contributed by atoms with van der Waals surface area (Å²) in [7, 11) is 0. The predicted octanol–water partition coefficient (Wildman–Crippen LogP) is 3.64. The second-order valence-electron chi connectivity index (χ2n) is 3.83. The largest absolute Gasteiger partial charge is 0.396 e. The van der Waals surface area contributed by atoms with Gasteiger partial charge in [0.25, 0.3) is 0 Å². The maximum atomic E-state index is 8.80. The van der Waals surface area contributed by atoms with E-state index in [1.54, 1.807) is 0 Å². The molecule has 1 N–H and O–H groups in total. The van der Waals surface area contributed by atoms with Gasteiger partial charge < -0.3 is 5.11 Å². The molecule has 0 amide bonds. The first-order valence-electron chi connectivity index (χ1n) is 5.60. The predicted molar refractivity (Wildman–Crippen MR) is 67.4 cm³/mol. The van der Waals surface area contributed by atoms with E-state index < -0.39 is 0 Å². The lowest BCUT2D eigenvalue weighted by Crippen LogP contribution is -2.01. The average Bonchev–Trinajstić information content (AvgIpc) is 2.27. The van der Waals surface area contributed by atoms with Gasteiger partial charge in [-0.25, -0.2) is 0 Å². The molecular weight excluding hydrogens is 204 g/mol. The minimum Gasteiger partial charge on any atom is -0.396 e. The van der Waals surface area contributed by atoms with Gasteiger partial charge in [0.2, 0.25) is 0 Å². The molecule has 0 aromatic heterocycles. The van der Waals surface area contributed by atoms with Crippen LogP contribution in [-0.4, -0.2) is 17.0 Å². The molecule has 1 aromatic carbocycles. The zero-order chi connectivity index (χ0) is 11.1. The summed E-state index contributed by atoms with van der Waals surface area (Å²) < 4.78 is 0. The Hall–Kier alpha value is -0.470. The molecule has 0 aliphatic rings. The molecule has 1 atom stereocenters. The van der Waals surface area contributed by atoms with Crippen LogP contribution >= 0.6 is 11.8 Å². The Morgan fingerprint density at radius 2 is 1.93 bits per heavy atom. The van der Waals surface area contributed by atoms with E-state index in [0.29, 0.717) is 11.9 Å². The Balaban J connectivity index is 2.47. The number of aliphatic hydroxyl groups is 1. The fourth-order valence-electron chi connectivity index (χ4n) is 1.47. The summed E-state index contributed by atoms with van der Waals surface area (Å²) in [6.07, 6.45) is 3.18. The average molecular weight is 224 g/mol. The van der Waals surface area contributed by atoms with Crippen molar-refractivity contribution >= 4 is 11.8 Å². The lowest BCUT2D eigenvalue weighted by molar-refractivity contribution is 0.284. The van der Waals surface area contributed by atoms with Gasteiger partial charge in [-0.2, -0.15) is 0 Å². The van der Waals surface area contributed by atoms with E-state index in [9.17, 15) is 0 Å². The van der Waals surface area contributed by atoms with Crippen LogP contribution in [0.1, 0.15) is 31.7 Å². The number of aliphatic hydroxyl groups excluding tert-OH is 1. The molecule has 1 aromatic rings. The number of hydrogen-bond donors (Lipinski definition) is 1. The van der Waals surface area contributed by atoms with Gasteiger partial charge in [0.05, 0.1) is 0 Å². The quantitative estimate of drug-likeness (QED) is 0.744. The van der Waals surface area contributed by atoms with Crippen molar-refractivity contribution in [2.24, 2.45) is 0 Å². The van der Waals surface area contributed by atoms with Gasteiger partial charge in [0, 0.05) is 16.8 Å². The summed E-state index contributed by atoms with van der Waals surface area (Å²) in [4.78, 5) is 1.34. The molecule has 0 spiro atoms. The van der Waals surface area contributed by atoms with Crippen molar-refractivity contribution in [2.75, 3.05) is 6.61 Å². The molecule has 15 heavy (non-hydrogen) atoms. The van der Waals surface area contributed by atoms with E-state index in [1.165, 1.54) is 16.9 Å². The first-order valence-corrected chi connectivity index (χ1v) is 6.48. The summed E-state index contributed by atoms with van der Waals surface area (Å²) in [6.45, 7) is 4.63. The Labute approximate surface area is 96.9 Å². The minimum absolute atomic E-state index is 0.310. The van der Waals surface area contributed by atoms with Crippen LogP contribution in [0.25, 0.3) is 0 Å². The fraction of sp³-hybridized carbons (Fsp3) is 0.538. The van der Waals surface area contributed by atoms with Crippen molar-refractivity contribution in [3.05, 3.63) is 29.8 Å². The van der Waals surface area contributed by atoms with Crippen molar-refractivity contribution in [1.29, 1.82) is 0 Å². The van der Waals surface area contributed by atoms with Crippen LogP contribution < -0.4 is 0 Å². The lowest BCUT2D eigenvalue weighted by Gasteiger charge is -2.13. The van der Waals surface area contributed by atoms with Crippen molar-refractivity contribution in [2.45, 2.75) is 43.3 Å². The number of thioether (sulfide) groups is 1. The lowest BCUT2D eigenvalue weighted by atomic mass is 10.2. The van der Waals surface area contributed by atoms with Crippen molar-refractivity contribution in [3.8, 4) is 0 Å². The smallest absolute Gasteiger partial charge is 0.0431 e. The van der Waals surface area contributed by atoms with Crippen LogP contribution in [-0.2, 0) is 0 Å². The topological polar surface area (TPSA) is 20.2 Å². The number of benzene rings is 1. The normalized spacial score (nSPS) is 12.7. The first-order chi connectivity index (χ1) is 7.26. The highest BCUT2D eigenvalue weighted by molar-refractivity contribution is 8.00. The molecule has 1 unspecified atom stereocenters.